The summed E-state index contributed by atoms with van der Waals surface area (Å²) in [7, 11) is 0. The molecule has 3 nitrogen and oxygen atoms in total. The normalized spacial score (nSPS) is 39.3. The fourth-order valence-electron chi connectivity index (χ4n) is 4.18. The Morgan fingerprint density at radius 3 is 2.05 bits per heavy atom. The number of ether oxygens (including phenoxy) is 3. The Balaban J connectivity index is 1.33. The second-order valence-corrected chi connectivity index (χ2v) is 7.51. The summed E-state index contributed by atoms with van der Waals surface area (Å²) in [6.45, 7) is 6.07. The van der Waals surface area contributed by atoms with E-state index in [-0.39, 0.29) is 0 Å². The molecule has 3 rings (SSSR count). The van der Waals surface area contributed by atoms with Gasteiger partial charge >= 0.3 is 0 Å². The van der Waals surface area contributed by atoms with Crippen LogP contribution in [0.3, 0.4) is 0 Å². The van der Waals surface area contributed by atoms with Crippen molar-refractivity contribution in [3.63, 3.8) is 0 Å². The Labute approximate surface area is 129 Å². The Hall–Kier alpha value is -0.120. The lowest BCUT2D eigenvalue weighted by Gasteiger charge is -2.35. The van der Waals surface area contributed by atoms with Crippen LogP contribution < -0.4 is 0 Å². The van der Waals surface area contributed by atoms with Gasteiger partial charge in [-0.25, -0.2) is 0 Å². The Morgan fingerprint density at radius 2 is 1.43 bits per heavy atom. The molecule has 3 fully saturated rings. The van der Waals surface area contributed by atoms with Gasteiger partial charge < -0.3 is 14.2 Å². The van der Waals surface area contributed by atoms with Crippen molar-refractivity contribution in [3.05, 3.63) is 0 Å². The van der Waals surface area contributed by atoms with Gasteiger partial charge in [-0.1, -0.05) is 0 Å². The predicted molar refractivity (Wildman–Crippen MR) is 83.4 cm³/mol. The van der Waals surface area contributed by atoms with E-state index in [1.807, 2.05) is 0 Å². The van der Waals surface area contributed by atoms with Gasteiger partial charge in [0.1, 0.15) is 0 Å². The smallest absolute Gasteiger partial charge is 0.0578 e. The molecule has 0 aromatic carbocycles. The molecule has 0 saturated carbocycles. The summed E-state index contributed by atoms with van der Waals surface area (Å²) < 4.78 is 17.4. The molecule has 0 bridgehead atoms. The second kappa shape index (κ2) is 7.94. The first kappa shape index (κ1) is 15.8. The molecule has 3 heteroatoms. The molecule has 0 amide bonds. The summed E-state index contributed by atoms with van der Waals surface area (Å²) >= 11 is 0. The highest BCUT2D eigenvalue weighted by Crippen LogP contribution is 2.32. The molecule has 3 saturated heterocycles. The van der Waals surface area contributed by atoms with Crippen LogP contribution in [-0.4, -0.2) is 38.6 Å². The Kier molecular flexibility index (Phi) is 5.96. The minimum absolute atomic E-state index is 0.479. The van der Waals surface area contributed by atoms with Crippen LogP contribution in [0, 0.1) is 17.8 Å². The van der Waals surface area contributed by atoms with Crippen LogP contribution in [0.4, 0.5) is 0 Å². The maximum absolute atomic E-state index is 6.17. The van der Waals surface area contributed by atoms with E-state index in [9.17, 15) is 0 Å². The first-order valence-electron chi connectivity index (χ1n) is 9.10. The van der Waals surface area contributed by atoms with Crippen molar-refractivity contribution in [2.45, 2.75) is 70.5 Å². The van der Waals surface area contributed by atoms with Gasteiger partial charge in [0.15, 0.2) is 0 Å². The highest BCUT2D eigenvalue weighted by molar-refractivity contribution is 4.78. The van der Waals surface area contributed by atoms with E-state index < -0.39 is 0 Å². The van der Waals surface area contributed by atoms with E-state index in [1.165, 1.54) is 51.4 Å². The summed E-state index contributed by atoms with van der Waals surface area (Å²) in [5.41, 5.74) is 0. The molecule has 3 heterocycles. The SMILES string of the molecule is CC1CCC(CC2CCC(CC3CCOCC3)OC2)CO1. The minimum Gasteiger partial charge on any atom is -0.381 e. The van der Waals surface area contributed by atoms with Crippen LogP contribution in [0.15, 0.2) is 0 Å². The van der Waals surface area contributed by atoms with Gasteiger partial charge in [0.05, 0.1) is 12.2 Å². The van der Waals surface area contributed by atoms with Gasteiger partial charge in [-0.3, -0.25) is 0 Å². The zero-order chi connectivity index (χ0) is 14.5. The maximum atomic E-state index is 6.17. The summed E-state index contributed by atoms with van der Waals surface area (Å²) in [4.78, 5) is 0. The zero-order valence-electron chi connectivity index (χ0n) is 13.6. The number of rotatable bonds is 4. The van der Waals surface area contributed by atoms with E-state index in [2.05, 4.69) is 6.92 Å². The van der Waals surface area contributed by atoms with Crippen molar-refractivity contribution in [1.82, 2.24) is 0 Å². The van der Waals surface area contributed by atoms with Crippen LogP contribution in [-0.2, 0) is 14.2 Å². The van der Waals surface area contributed by atoms with E-state index in [1.54, 1.807) is 0 Å². The molecule has 4 atom stereocenters. The largest absolute Gasteiger partial charge is 0.381 e. The third-order valence-corrected chi connectivity index (χ3v) is 5.67. The lowest BCUT2D eigenvalue weighted by Crippen LogP contribution is -2.32. The molecule has 4 unspecified atom stereocenters. The molecule has 3 aliphatic rings. The van der Waals surface area contributed by atoms with Gasteiger partial charge in [-0.15, -0.1) is 0 Å². The van der Waals surface area contributed by atoms with Gasteiger partial charge in [0.25, 0.3) is 0 Å². The monoisotopic (exact) mass is 296 g/mol. The molecule has 0 radical (unpaired) electrons. The topological polar surface area (TPSA) is 27.7 Å². The summed E-state index contributed by atoms with van der Waals surface area (Å²) in [5, 5.41) is 0. The van der Waals surface area contributed by atoms with Gasteiger partial charge in [-0.05, 0) is 76.0 Å². The van der Waals surface area contributed by atoms with E-state index in [4.69, 9.17) is 14.2 Å². The third-order valence-electron chi connectivity index (χ3n) is 5.67. The van der Waals surface area contributed by atoms with Gasteiger partial charge in [-0.2, -0.15) is 0 Å². The quantitative estimate of drug-likeness (QED) is 0.789. The molecule has 3 aliphatic heterocycles. The standard InChI is InChI=1S/C18H32O3/c1-14-2-3-16(12-20-14)10-17-4-5-18(21-13-17)11-15-6-8-19-9-7-15/h14-18H,2-13H2,1H3. The van der Waals surface area contributed by atoms with E-state index >= 15 is 0 Å². The lowest BCUT2D eigenvalue weighted by atomic mass is 9.84. The minimum atomic E-state index is 0.479. The van der Waals surface area contributed by atoms with Crippen molar-refractivity contribution >= 4 is 0 Å². The predicted octanol–water partition coefficient (Wildman–Crippen LogP) is 3.80. The molecule has 0 aliphatic carbocycles. The first-order chi connectivity index (χ1) is 10.3. The van der Waals surface area contributed by atoms with Crippen LogP contribution in [0.1, 0.15) is 58.3 Å². The second-order valence-electron chi connectivity index (χ2n) is 7.51. The molecule has 122 valence electrons. The van der Waals surface area contributed by atoms with Gasteiger partial charge in [0, 0.05) is 26.4 Å². The molecule has 0 N–H and O–H groups in total. The van der Waals surface area contributed by atoms with Gasteiger partial charge in [0.2, 0.25) is 0 Å². The highest BCUT2D eigenvalue weighted by Gasteiger charge is 2.28. The fourth-order valence-corrected chi connectivity index (χ4v) is 4.18. The van der Waals surface area contributed by atoms with Crippen molar-refractivity contribution < 1.29 is 14.2 Å². The first-order valence-corrected chi connectivity index (χ1v) is 9.10. The molecular weight excluding hydrogens is 264 g/mol. The van der Waals surface area contributed by atoms with Crippen molar-refractivity contribution in [2.24, 2.45) is 17.8 Å². The fraction of sp³-hybridized carbons (Fsp3) is 1.00. The average molecular weight is 296 g/mol. The van der Waals surface area contributed by atoms with Crippen LogP contribution in [0.5, 0.6) is 0 Å². The third kappa shape index (κ3) is 4.94. The van der Waals surface area contributed by atoms with Crippen LogP contribution >= 0.6 is 0 Å². The summed E-state index contributed by atoms with van der Waals surface area (Å²) in [5.74, 6) is 2.40. The van der Waals surface area contributed by atoms with Crippen molar-refractivity contribution in [3.8, 4) is 0 Å². The van der Waals surface area contributed by atoms with Crippen molar-refractivity contribution in [2.75, 3.05) is 26.4 Å². The zero-order valence-corrected chi connectivity index (χ0v) is 13.6. The molecule has 0 aromatic heterocycles. The van der Waals surface area contributed by atoms with Crippen LogP contribution in [0.2, 0.25) is 0 Å². The van der Waals surface area contributed by atoms with E-state index in [0.717, 1.165) is 44.2 Å². The maximum Gasteiger partial charge on any atom is 0.0578 e. The summed E-state index contributed by atoms with van der Waals surface area (Å²) in [6, 6.07) is 0. The van der Waals surface area contributed by atoms with Crippen molar-refractivity contribution in [1.29, 1.82) is 0 Å². The molecule has 0 spiro atoms. The number of hydrogen-bond donors (Lipinski definition) is 0. The van der Waals surface area contributed by atoms with E-state index in [0.29, 0.717) is 12.2 Å². The highest BCUT2D eigenvalue weighted by atomic mass is 16.5. The summed E-state index contributed by atoms with van der Waals surface area (Å²) in [6.07, 6.45) is 11.3. The number of hydrogen-bond acceptors (Lipinski definition) is 3. The molecule has 0 aromatic rings. The molecule has 21 heavy (non-hydrogen) atoms. The lowest BCUT2D eigenvalue weighted by molar-refractivity contribution is -0.0554. The van der Waals surface area contributed by atoms with Crippen LogP contribution in [0.25, 0.3) is 0 Å². The Morgan fingerprint density at radius 1 is 0.714 bits per heavy atom. The molecular formula is C18H32O3. The Bertz CT molecular complexity index is 285. The average Bonchev–Trinajstić information content (AvgIpc) is 2.53.